The average Bonchev–Trinajstić information content (AvgIpc) is 2.78. The second-order valence-electron chi connectivity index (χ2n) is 4.49. The normalized spacial score (nSPS) is 10.8. The first kappa shape index (κ1) is 12.2. The van der Waals surface area contributed by atoms with Gasteiger partial charge < -0.3 is 10.2 Å². The zero-order valence-corrected chi connectivity index (χ0v) is 10.5. The van der Waals surface area contributed by atoms with Crippen LogP contribution in [0.25, 0.3) is 5.52 Å². The quantitative estimate of drug-likeness (QED) is 0.764. The molecule has 0 aliphatic rings. The minimum absolute atomic E-state index is 0.00377. The monoisotopic (exact) mass is 268 g/mol. The number of carbonyl (C=O) groups is 1. The number of nitrogens with zero attached hydrogens (tertiary/aromatic N) is 2. The van der Waals surface area contributed by atoms with E-state index in [1.54, 1.807) is 10.5 Å². The molecule has 0 fully saturated rings. The molecule has 3 rings (SSSR count). The van der Waals surface area contributed by atoms with Crippen LogP contribution in [-0.4, -0.2) is 25.6 Å². The SMILES string of the molecule is O=C(O)c1nc(Cc2ccccc2)n2cc(O)ccc12. The number of carboxylic acids is 1. The lowest BCUT2D eigenvalue weighted by Gasteiger charge is -2.02. The van der Waals surface area contributed by atoms with E-state index in [0.29, 0.717) is 17.8 Å². The number of hydrogen-bond donors (Lipinski definition) is 2. The lowest BCUT2D eigenvalue weighted by Crippen LogP contribution is -1.97. The summed E-state index contributed by atoms with van der Waals surface area (Å²) in [6, 6.07) is 12.7. The van der Waals surface area contributed by atoms with Gasteiger partial charge in [0.1, 0.15) is 11.6 Å². The van der Waals surface area contributed by atoms with Gasteiger partial charge in [-0.1, -0.05) is 30.3 Å². The van der Waals surface area contributed by atoms with Crippen LogP contribution in [0.3, 0.4) is 0 Å². The first-order chi connectivity index (χ1) is 9.65. The van der Waals surface area contributed by atoms with Gasteiger partial charge in [-0.05, 0) is 17.7 Å². The van der Waals surface area contributed by atoms with Crippen LogP contribution in [0, 0.1) is 0 Å². The molecule has 5 heteroatoms. The van der Waals surface area contributed by atoms with E-state index in [1.807, 2.05) is 30.3 Å². The smallest absolute Gasteiger partial charge is 0.356 e. The van der Waals surface area contributed by atoms with Crippen molar-refractivity contribution < 1.29 is 15.0 Å². The van der Waals surface area contributed by atoms with Gasteiger partial charge in [0.2, 0.25) is 0 Å². The molecule has 0 radical (unpaired) electrons. The van der Waals surface area contributed by atoms with E-state index in [0.717, 1.165) is 5.56 Å². The summed E-state index contributed by atoms with van der Waals surface area (Å²) in [6.07, 6.45) is 1.98. The molecule has 2 aromatic heterocycles. The van der Waals surface area contributed by atoms with E-state index in [4.69, 9.17) is 0 Å². The molecule has 0 spiro atoms. The second-order valence-corrected chi connectivity index (χ2v) is 4.49. The highest BCUT2D eigenvalue weighted by Crippen LogP contribution is 2.19. The van der Waals surface area contributed by atoms with Crippen molar-refractivity contribution >= 4 is 11.5 Å². The van der Waals surface area contributed by atoms with Crippen LogP contribution in [0.5, 0.6) is 5.75 Å². The van der Waals surface area contributed by atoms with Crippen LogP contribution in [0.2, 0.25) is 0 Å². The van der Waals surface area contributed by atoms with Gasteiger partial charge in [-0.2, -0.15) is 0 Å². The van der Waals surface area contributed by atoms with Gasteiger partial charge in [-0.15, -0.1) is 0 Å². The number of aromatic carboxylic acids is 1. The van der Waals surface area contributed by atoms with E-state index < -0.39 is 5.97 Å². The predicted octanol–water partition coefficient (Wildman–Crippen LogP) is 2.33. The van der Waals surface area contributed by atoms with Crippen molar-refractivity contribution in [3.05, 3.63) is 65.7 Å². The largest absolute Gasteiger partial charge is 0.506 e. The molecule has 0 atom stereocenters. The fraction of sp³-hybridized carbons (Fsp3) is 0.0667. The van der Waals surface area contributed by atoms with Gasteiger partial charge in [0.25, 0.3) is 0 Å². The minimum atomic E-state index is -1.08. The Morgan fingerprint density at radius 3 is 2.60 bits per heavy atom. The molecule has 0 unspecified atom stereocenters. The maximum Gasteiger partial charge on any atom is 0.356 e. The maximum atomic E-state index is 11.2. The molecule has 0 amide bonds. The van der Waals surface area contributed by atoms with Gasteiger partial charge in [0.05, 0.1) is 11.7 Å². The topological polar surface area (TPSA) is 74.8 Å². The van der Waals surface area contributed by atoms with Crippen LogP contribution >= 0.6 is 0 Å². The van der Waals surface area contributed by atoms with Crippen LogP contribution in [-0.2, 0) is 6.42 Å². The summed E-state index contributed by atoms with van der Waals surface area (Å²) in [5, 5.41) is 18.8. The molecule has 0 bridgehead atoms. The molecule has 3 aromatic rings. The number of carboxylic acid groups (broad SMARTS) is 1. The molecule has 5 nitrogen and oxygen atoms in total. The van der Waals surface area contributed by atoms with Gasteiger partial charge in [0, 0.05) is 6.42 Å². The Kier molecular flexibility index (Phi) is 2.87. The van der Waals surface area contributed by atoms with Crippen LogP contribution in [0.1, 0.15) is 21.9 Å². The summed E-state index contributed by atoms with van der Waals surface area (Å²) in [5.74, 6) is -0.423. The molecular weight excluding hydrogens is 256 g/mol. The summed E-state index contributed by atoms with van der Waals surface area (Å²) >= 11 is 0. The highest BCUT2D eigenvalue weighted by atomic mass is 16.4. The van der Waals surface area contributed by atoms with Crippen molar-refractivity contribution in [3.63, 3.8) is 0 Å². The number of aromatic nitrogens is 2. The minimum Gasteiger partial charge on any atom is -0.506 e. The fourth-order valence-electron chi connectivity index (χ4n) is 2.20. The van der Waals surface area contributed by atoms with Crippen molar-refractivity contribution in [3.8, 4) is 5.75 Å². The van der Waals surface area contributed by atoms with E-state index in [-0.39, 0.29) is 11.4 Å². The molecule has 2 N–H and O–H groups in total. The molecular formula is C15H12N2O3. The number of pyridine rings is 1. The van der Waals surface area contributed by atoms with Crippen molar-refractivity contribution in [2.24, 2.45) is 0 Å². The summed E-state index contributed by atoms with van der Waals surface area (Å²) in [7, 11) is 0. The van der Waals surface area contributed by atoms with Crippen molar-refractivity contribution in [2.45, 2.75) is 6.42 Å². The third-order valence-corrected chi connectivity index (χ3v) is 3.10. The molecule has 1 aromatic carbocycles. The van der Waals surface area contributed by atoms with Gasteiger partial charge in [-0.25, -0.2) is 9.78 Å². The Bertz CT molecular complexity index is 778. The van der Waals surface area contributed by atoms with Crippen LogP contribution in [0.4, 0.5) is 0 Å². The molecule has 0 saturated heterocycles. The van der Waals surface area contributed by atoms with Gasteiger partial charge in [-0.3, -0.25) is 4.40 Å². The predicted molar refractivity (Wildman–Crippen MR) is 73.1 cm³/mol. The summed E-state index contributed by atoms with van der Waals surface area (Å²) in [4.78, 5) is 15.4. The first-order valence-corrected chi connectivity index (χ1v) is 6.12. The Morgan fingerprint density at radius 1 is 1.15 bits per heavy atom. The average molecular weight is 268 g/mol. The summed E-state index contributed by atoms with van der Waals surface area (Å²) in [6.45, 7) is 0. The summed E-state index contributed by atoms with van der Waals surface area (Å²) < 4.78 is 1.62. The third kappa shape index (κ3) is 2.09. The zero-order valence-electron chi connectivity index (χ0n) is 10.5. The number of aromatic hydroxyl groups is 1. The van der Waals surface area contributed by atoms with Gasteiger partial charge >= 0.3 is 5.97 Å². The Balaban J connectivity index is 2.15. The molecule has 100 valence electrons. The standard InChI is InChI=1S/C15H12N2O3/c18-11-6-7-12-14(15(19)20)16-13(17(12)9-11)8-10-4-2-1-3-5-10/h1-7,9,18H,8H2,(H,19,20). The Hall–Kier alpha value is -2.82. The maximum absolute atomic E-state index is 11.2. The first-order valence-electron chi connectivity index (χ1n) is 6.12. The highest BCUT2D eigenvalue weighted by Gasteiger charge is 2.16. The number of imidazole rings is 1. The van der Waals surface area contributed by atoms with Crippen LogP contribution < -0.4 is 0 Å². The van der Waals surface area contributed by atoms with Crippen molar-refractivity contribution in [1.82, 2.24) is 9.38 Å². The van der Waals surface area contributed by atoms with E-state index in [9.17, 15) is 15.0 Å². The molecule has 0 aliphatic carbocycles. The van der Waals surface area contributed by atoms with Crippen molar-refractivity contribution in [1.29, 1.82) is 0 Å². The number of rotatable bonds is 3. The highest BCUT2D eigenvalue weighted by molar-refractivity contribution is 5.93. The Morgan fingerprint density at radius 2 is 1.90 bits per heavy atom. The molecule has 20 heavy (non-hydrogen) atoms. The lowest BCUT2D eigenvalue weighted by molar-refractivity contribution is 0.0693. The van der Waals surface area contributed by atoms with Gasteiger partial charge in [0.15, 0.2) is 5.69 Å². The molecule has 2 heterocycles. The zero-order chi connectivity index (χ0) is 14.1. The number of hydrogen-bond acceptors (Lipinski definition) is 3. The number of fused-ring (bicyclic) bond motifs is 1. The van der Waals surface area contributed by atoms with E-state index >= 15 is 0 Å². The summed E-state index contributed by atoms with van der Waals surface area (Å²) in [5.41, 5.74) is 1.50. The van der Waals surface area contributed by atoms with E-state index in [2.05, 4.69) is 4.98 Å². The molecule has 0 saturated carbocycles. The molecule has 0 aliphatic heterocycles. The lowest BCUT2D eigenvalue weighted by atomic mass is 10.1. The second kappa shape index (κ2) is 4.70. The fourth-order valence-corrected chi connectivity index (χ4v) is 2.20. The van der Waals surface area contributed by atoms with E-state index in [1.165, 1.54) is 12.3 Å². The third-order valence-electron chi connectivity index (χ3n) is 3.10. The van der Waals surface area contributed by atoms with Crippen molar-refractivity contribution in [2.75, 3.05) is 0 Å². The number of benzene rings is 1. The van der Waals surface area contributed by atoms with Crippen LogP contribution in [0.15, 0.2) is 48.7 Å². The Labute approximate surface area is 114 Å².